The first-order chi connectivity index (χ1) is 8.61. The highest BCUT2D eigenvalue weighted by molar-refractivity contribution is 5.16. The van der Waals surface area contributed by atoms with E-state index in [2.05, 4.69) is 12.1 Å². The Morgan fingerprint density at radius 1 is 1.11 bits per heavy atom. The van der Waals surface area contributed by atoms with Crippen molar-refractivity contribution in [1.82, 2.24) is 0 Å². The van der Waals surface area contributed by atoms with E-state index in [0.29, 0.717) is 0 Å². The second-order valence-corrected chi connectivity index (χ2v) is 5.27. The average Bonchev–Trinajstić information content (AvgIpc) is 2.62. The topological polar surface area (TPSA) is 38.7 Å². The van der Waals surface area contributed by atoms with Crippen molar-refractivity contribution in [2.24, 2.45) is 0 Å². The minimum absolute atomic E-state index is 0.0763. The number of hydrogen-bond acceptors (Lipinski definition) is 3. The van der Waals surface area contributed by atoms with E-state index in [-0.39, 0.29) is 18.8 Å². The molecule has 18 heavy (non-hydrogen) atoms. The first-order valence-corrected chi connectivity index (χ1v) is 6.61. The van der Waals surface area contributed by atoms with Gasteiger partial charge in [0.05, 0.1) is 12.2 Å². The van der Waals surface area contributed by atoms with Crippen LogP contribution in [-0.2, 0) is 15.9 Å². The molecule has 3 nitrogen and oxygen atoms in total. The first kappa shape index (κ1) is 13.5. The molecule has 0 saturated carbocycles. The van der Waals surface area contributed by atoms with E-state index in [0.717, 1.165) is 19.3 Å². The van der Waals surface area contributed by atoms with E-state index in [1.165, 1.54) is 5.56 Å². The molecule has 2 atom stereocenters. The maximum Gasteiger partial charge on any atom is 0.163 e. The molecule has 1 aromatic carbocycles. The summed E-state index contributed by atoms with van der Waals surface area (Å²) in [6, 6.07) is 10.3. The molecule has 2 unspecified atom stereocenters. The summed E-state index contributed by atoms with van der Waals surface area (Å²) in [5.74, 6) is -0.514. The molecule has 1 aliphatic rings. The average molecular weight is 250 g/mol. The van der Waals surface area contributed by atoms with Crippen molar-refractivity contribution in [3.05, 3.63) is 35.9 Å². The molecular weight excluding hydrogens is 228 g/mol. The molecule has 2 rings (SSSR count). The van der Waals surface area contributed by atoms with Gasteiger partial charge in [0.2, 0.25) is 0 Å². The zero-order chi connectivity index (χ0) is 13.0. The standard InChI is InChI=1S/C15H22O3/c1-15(2)17-13(9-6-10-16)14(18-15)11-12-7-4-3-5-8-12/h3-5,7-8,13-14,16H,6,9-11H2,1-2H3. The third-order valence-electron chi connectivity index (χ3n) is 3.21. The van der Waals surface area contributed by atoms with Gasteiger partial charge in [-0.2, -0.15) is 0 Å². The van der Waals surface area contributed by atoms with E-state index < -0.39 is 5.79 Å². The molecule has 0 radical (unpaired) electrons. The predicted molar refractivity (Wildman–Crippen MR) is 70.3 cm³/mol. The summed E-state index contributed by atoms with van der Waals surface area (Å²) in [5.41, 5.74) is 1.26. The molecule has 1 heterocycles. The summed E-state index contributed by atoms with van der Waals surface area (Å²) >= 11 is 0. The Hall–Kier alpha value is -0.900. The maximum absolute atomic E-state index is 8.94. The molecule has 1 aromatic rings. The fourth-order valence-electron chi connectivity index (χ4n) is 2.47. The van der Waals surface area contributed by atoms with E-state index >= 15 is 0 Å². The Kier molecular flexibility index (Phi) is 4.38. The SMILES string of the molecule is CC1(C)OC(CCCO)C(Cc2ccccc2)O1. The maximum atomic E-state index is 8.94. The Labute approximate surface area is 109 Å². The van der Waals surface area contributed by atoms with Gasteiger partial charge in [0.25, 0.3) is 0 Å². The van der Waals surface area contributed by atoms with E-state index in [4.69, 9.17) is 14.6 Å². The van der Waals surface area contributed by atoms with Crippen LogP contribution in [0, 0.1) is 0 Å². The minimum Gasteiger partial charge on any atom is -0.396 e. The van der Waals surface area contributed by atoms with Crippen LogP contribution in [0.3, 0.4) is 0 Å². The largest absolute Gasteiger partial charge is 0.396 e. The van der Waals surface area contributed by atoms with Crippen molar-refractivity contribution in [2.45, 2.75) is 51.1 Å². The lowest BCUT2D eigenvalue weighted by molar-refractivity contribution is -0.146. The zero-order valence-corrected chi connectivity index (χ0v) is 11.1. The van der Waals surface area contributed by atoms with Crippen molar-refractivity contribution in [3.63, 3.8) is 0 Å². The molecular formula is C15H22O3. The van der Waals surface area contributed by atoms with Crippen molar-refractivity contribution in [2.75, 3.05) is 6.61 Å². The summed E-state index contributed by atoms with van der Waals surface area (Å²) in [7, 11) is 0. The van der Waals surface area contributed by atoms with E-state index in [1.54, 1.807) is 0 Å². The number of hydrogen-bond donors (Lipinski definition) is 1. The van der Waals surface area contributed by atoms with Crippen LogP contribution in [0.2, 0.25) is 0 Å². The van der Waals surface area contributed by atoms with Crippen LogP contribution in [0.4, 0.5) is 0 Å². The second-order valence-electron chi connectivity index (χ2n) is 5.27. The molecule has 1 saturated heterocycles. The van der Waals surface area contributed by atoms with Crippen LogP contribution in [0.1, 0.15) is 32.3 Å². The molecule has 0 amide bonds. The van der Waals surface area contributed by atoms with Crippen molar-refractivity contribution >= 4 is 0 Å². The molecule has 1 fully saturated rings. The zero-order valence-electron chi connectivity index (χ0n) is 11.1. The third kappa shape index (κ3) is 3.55. The number of rotatable bonds is 5. The molecule has 100 valence electrons. The fraction of sp³-hybridized carbons (Fsp3) is 0.600. The number of aliphatic hydroxyl groups excluding tert-OH is 1. The molecule has 0 spiro atoms. The third-order valence-corrected chi connectivity index (χ3v) is 3.21. The summed E-state index contributed by atoms with van der Waals surface area (Å²) in [6.45, 7) is 4.10. The van der Waals surface area contributed by atoms with Gasteiger partial charge in [-0.1, -0.05) is 30.3 Å². The molecule has 0 aromatic heterocycles. The van der Waals surface area contributed by atoms with Crippen LogP contribution in [0.25, 0.3) is 0 Å². The van der Waals surface area contributed by atoms with Gasteiger partial charge in [-0.25, -0.2) is 0 Å². The molecule has 0 aliphatic carbocycles. The van der Waals surface area contributed by atoms with Gasteiger partial charge >= 0.3 is 0 Å². The minimum atomic E-state index is -0.514. The predicted octanol–water partition coefficient (Wildman–Crippen LogP) is 2.52. The summed E-state index contributed by atoms with van der Waals surface area (Å²) in [6.07, 6.45) is 2.62. The first-order valence-electron chi connectivity index (χ1n) is 6.61. The van der Waals surface area contributed by atoms with E-state index in [1.807, 2.05) is 32.0 Å². The van der Waals surface area contributed by atoms with Crippen LogP contribution < -0.4 is 0 Å². The lowest BCUT2D eigenvalue weighted by atomic mass is 10.0. The highest BCUT2D eigenvalue weighted by Gasteiger charge is 2.40. The van der Waals surface area contributed by atoms with Gasteiger partial charge in [0, 0.05) is 13.0 Å². The summed E-state index contributed by atoms with van der Waals surface area (Å²) in [5, 5.41) is 8.94. The van der Waals surface area contributed by atoms with E-state index in [9.17, 15) is 0 Å². The summed E-state index contributed by atoms with van der Waals surface area (Å²) < 4.78 is 11.9. The van der Waals surface area contributed by atoms with Gasteiger partial charge < -0.3 is 14.6 Å². The van der Waals surface area contributed by atoms with Gasteiger partial charge in [0.15, 0.2) is 5.79 Å². The molecule has 1 aliphatic heterocycles. The Morgan fingerprint density at radius 2 is 1.78 bits per heavy atom. The number of ether oxygens (including phenoxy) is 2. The van der Waals surface area contributed by atoms with Crippen LogP contribution in [0.5, 0.6) is 0 Å². The van der Waals surface area contributed by atoms with Gasteiger partial charge in [-0.3, -0.25) is 0 Å². The highest BCUT2D eigenvalue weighted by atomic mass is 16.7. The van der Waals surface area contributed by atoms with Crippen molar-refractivity contribution in [3.8, 4) is 0 Å². The van der Waals surface area contributed by atoms with Crippen LogP contribution in [0.15, 0.2) is 30.3 Å². The van der Waals surface area contributed by atoms with Crippen molar-refractivity contribution < 1.29 is 14.6 Å². The van der Waals surface area contributed by atoms with Gasteiger partial charge in [0.1, 0.15) is 0 Å². The normalized spacial score (nSPS) is 26.4. The Morgan fingerprint density at radius 3 is 2.44 bits per heavy atom. The Bertz CT molecular complexity index is 361. The van der Waals surface area contributed by atoms with Crippen LogP contribution in [-0.4, -0.2) is 29.7 Å². The Balaban J connectivity index is 2.00. The molecule has 1 N–H and O–H groups in total. The number of aliphatic hydroxyl groups is 1. The molecule has 0 bridgehead atoms. The number of benzene rings is 1. The summed E-state index contributed by atoms with van der Waals surface area (Å²) in [4.78, 5) is 0. The molecule has 3 heteroatoms. The highest BCUT2D eigenvalue weighted by Crippen LogP contribution is 2.32. The van der Waals surface area contributed by atoms with Crippen LogP contribution >= 0.6 is 0 Å². The van der Waals surface area contributed by atoms with Crippen molar-refractivity contribution in [1.29, 1.82) is 0 Å². The lowest BCUT2D eigenvalue weighted by Crippen LogP contribution is -2.25. The monoisotopic (exact) mass is 250 g/mol. The fourth-order valence-corrected chi connectivity index (χ4v) is 2.47. The quantitative estimate of drug-likeness (QED) is 0.872. The smallest absolute Gasteiger partial charge is 0.163 e. The van der Waals surface area contributed by atoms with Gasteiger partial charge in [-0.05, 0) is 32.3 Å². The lowest BCUT2D eigenvalue weighted by Gasteiger charge is -2.16. The second kappa shape index (κ2) is 5.83. The van der Waals surface area contributed by atoms with Gasteiger partial charge in [-0.15, -0.1) is 0 Å².